The first kappa shape index (κ1) is 19.3. The molecule has 3 aromatic rings. The summed E-state index contributed by atoms with van der Waals surface area (Å²) >= 11 is 0. The summed E-state index contributed by atoms with van der Waals surface area (Å²) in [6.07, 6.45) is 0. The number of carbonyl (C=O) groups excluding carboxylic acids is 1. The first-order chi connectivity index (χ1) is 12.8. The van der Waals surface area contributed by atoms with E-state index in [0.29, 0.717) is 0 Å². The quantitative estimate of drug-likeness (QED) is 0.592. The summed E-state index contributed by atoms with van der Waals surface area (Å²) < 4.78 is 6.09. The molecule has 0 fully saturated rings. The van der Waals surface area contributed by atoms with E-state index in [2.05, 4.69) is 43.1 Å². The summed E-state index contributed by atoms with van der Waals surface area (Å²) in [5.74, 6) is 0. The number of rotatable bonds is 4. The first-order valence-electron chi connectivity index (χ1n) is 9.19. The number of carbonyl (C=O) groups is 1. The summed E-state index contributed by atoms with van der Waals surface area (Å²) in [6.45, 7) is 4.37. The zero-order chi connectivity index (χ0) is 19.6. The molecule has 0 bridgehead atoms. The summed E-state index contributed by atoms with van der Waals surface area (Å²) in [5.41, 5.74) is -0.730. The van der Waals surface area contributed by atoms with Gasteiger partial charge in [-0.05, 0) is 0 Å². The molecule has 0 N–H and O–H groups in total. The van der Waals surface area contributed by atoms with Crippen molar-refractivity contribution in [2.45, 2.75) is 26.4 Å². The van der Waals surface area contributed by atoms with Gasteiger partial charge in [0.1, 0.15) is 0 Å². The Balaban J connectivity index is 2.45. The summed E-state index contributed by atoms with van der Waals surface area (Å²) in [4.78, 5) is 14.0. The van der Waals surface area contributed by atoms with E-state index in [4.69, 9.17) is 4.74 Å². The van der Waals surface area contributed by atoms with Crippen LogP contribution >= 0.6 is 6.60 Å². The summed E-state index contributed by atoms with van der Waals surface area (Å²) in [5, 5.41) is 3.03. The van der Waals surface area contributed by atoms with E-state index in [1.165, 1.54) is 0 Å². The average molecular weight is 378 g/mol. The molecule has 0 aromatic heterocycles. The Hall–Kier alpha value is -2.44. The molecular formula is C24H27O2P. The van der Waals surface area contributed by atoms with Gasteiger partial charge in [-0.2, -0.15) is 0 Å². The Morgan fingerprint density at radius 2 is 0.963 bits per heavy atom. The second-order valence-electron chi connectivity index (χ2n) is 8.05. The third-order valence-corrected chi connectivity index (χ3v) is 10.8. The van der Waals surface area contributed by atoms with Crippen LogP contribution in [0.3, 0.4) is 0 Å². The Kier molecular flexibility index (Phi) is 4.97. The van der Waals surface area contributed by atoms with Crippen LogP contribution < -0.4 is 15.9 Å². The molecule has 3 rings (SSSR count). The van der Waals surface area contributed by atoms with Crippen LogP contribution in [0.1, 0.15) is 20.8 Å². The summed E-state index contributed by atoms with van der Waals surface area (Å²) in [6, 6.07) is 30.3. The van der Waals surface area contributed by atoms with Gasteiger partial charge in [-0.3, -0.25) is 0 Å². The van der Waals surface area contributed by atoms with Crippen molar-refractivity contribution in [3.8, 4) is 0 Å². The van der Waals surface area contributed by atoms with E-state index in [-0.39, 0.29) is 5.71 Å². The van der Waals surface area contributed by atoms with Gasteiger partial charge in [0.15, 0.2) is 0 Å². The molecular weight excluding hydrogens is 351 g/mol. The van der Waals surface area contributed by atoms with Crippen LogP contribution in [0.15, 0.2) is 91.0 Å². The maximum absolute atomic E-state index is 14.0. The van der Waals surface area contributed by atoms with Crippen LogP contribution in [0.5, 0.6) is 0 Å². The molecule has 0 aliphatic rings. The van der Waals surface area contributed by atoms with Crippen LogP contribution in [0, 0.1) is 0 Å². The molecule has 3 heteroatoms. The molecule has 27 heavy (non-hydrogen) atoms. The van der Waals surface area contributed by atoms with Crippen molar-refractivity contribution in [2.75, 3.05) is 6.66 Å². The van der Waals surface area contributed by atoms with E-state index in [9.17, 15) is 4.79 Å². The Labute approximate surface area is 162 Å². The molecule has 0 unspecified atom stereocenters. The normalized spacial score (nSPS) is 13.4. The third kappa shape index (κ3) is 3.19. The van der Waals surface area contributed by atoms with Gasteiger partial charge in [0.25, 0.3) is 0 Å². The van der Waals surface area contributed by atoms with Gasteiger partial charge in [0.05, 0.1) is 0 Å². The van der Waals surface area contributed by atoms with Crippen molar-refractivity contribution in [2.24, 2.45) is 0 Å². The summed E-state index contributed by atoms with van der Waals surface area (Å²) in [7, 11) is 0. The van der Waals surface area contributed by atoms with E-state index in [0.717, 1.165) is 15.9 Å². The van der Waals surface area contributed by atoms with Crippen molar-refractivity contribution in [1.82, 2.24) is 0 Å². The predicted molar refractivity (Wildman–Crippen MR) is 117 cm³/mol. The number of ether oxygens (including phenoxy) is 1. The van der Waals surface area contributed by atoms with E-state index in [1.54, 1.807) is 0 Å². The number of hydrogen-bond donors (Lipinski definition) is 0. The standard InChI is InChI=1S/C24H27O2P/c1-24(2,3)26-23(25)27(4,20-14-8-5-9-15-20,21-16-10-6-11-17-21)22-18-12-7-13-19-22/h5-19H,1-4H3. The Morgan fingerprint density at radius 3 is 1.22 bits per heavy atom. The number of hydrogen-bond acceptors (Lipinski definition) is 2. The van der Waals surface area contributed by atoms with Gasteiger partial charge < -0.3 is 0 Å². The van der Waals surface area contributed by atoms with Crippen molar-refractivity contribution in [3.05, 3.63) is 91.0 Å². The van der Waals surface area contributed by atoms with Gasteiger partial charge in [0.2, 0.25) is 0 Å². The van der Waals surface area contributed by atoms with Gasteiger partial charge in [-0.15, -0.1) is 0 Å². The second kappa shape index (κ2) is 6.94. The van der Waals surface area contributed by atoms with Crippen molar-refractivity contribution in [3.63, 3.8) is 0 Å². The molecule has 140 valence electrons. The van der Waals surface area contributed by atoms with E-state index in [1.807, 2.05) is 75.4 Å². The van der Waals surface area contributed by atoms with E-state index >= 15 is 0 Å². The molecule has 3 aromatic carbocycles. The minimum atomic E-state index is -3.52. The predicted octanol–water partition coefficient (Wildman–Crippen LogP) is 5.08. The number of benzene rings is 3. The fraction of sp³-hybridized carbons (Fsp3) is 0.208. The Bertz CT molecular complexity index is 813. The molecule has 0 aliphatic carbocycles. The minimum absolute atomic E-state index is 0.155. The zero-order valence-electron chi connectivity index (χ0n) is 16.4. The van der Waals surface area contributed by atoms with Gasteiger partial charge in [-0.25, -0.2) is 0 Å². The second-order valence-corrected chi connectivity index (χ2v) is 13.1. The molecule has 0 saturated heterocycles. The molecule has 0 aliphatic heterocycles. The van der Waals surface area contributed by atoms with Gasteiger partial charge in [-0.1, -0.05) is 0 Å². The van der Waals surface area contributed by atoms with Crippen LogP contribution in [-0.4, -0.2) is 18.0 Å². The molecule has 0 spiro atoms. The van der Waals surface area contributed by atoms with Crippen molar-refractivity contribution < 1.29 is 9.53 Å². The fourth-order valence-corrected chi connectivity index (χ4v) is 8.32. The maximum atomic E-state index is 14.0. The van der Waals surface area contributed by atoms with Gasteiger partial charge in [0, 0.05) is 0 Å². The van der Waals surface area contributed by atoms with Crippen LogP contribution in [0.25, 0.3) is 0 Å². The van der Waals surface area contributed by atoms with Gasteiger partial charge >= 0.3 is 162 Å². The van der Waals surface area contributed by atoms with Crippen molar-refractivity contribution in [1.29, 1.82) is 0 Å². The topological polar surface area (TPSA) is 26.3 Å². The molecule has 2 nitrogen and oxygen atoms in total. The monoisotopic (exact) mass is 378 g/mol. The van der Waals surface area contributed by atoms with Crippen LogP contribution in [-0.2, 0) is 4.74 Å². The molecule has 0 saturated carbocycles. The van der Waals surface area contributed by atoms with Crippen molar-refractivity contribution >= 4 is 28.2 Å². The average Bonchev–Trinajstić information content (AvgIpc) is 2.68. The fourth-order valence-electron chi connectivity index (χ4n) is 3.54. The molecule has 0 amide bonds. The Morgan fingerprint density at radius 1 is 0.667 bits per heavy atom. The molecule has 0 radical (unpaired) electrons. The third-order valence-electron chi connectivity index (χ3n) is 5.06. The van der Waals surface area contributed by atoms with E-state index < -0.39 is 12.2 Å². The SMILES string of the molecule is CC(C)(C)OC(=O)P(C)(c1ccccc1)(c1ccccc1)c1ccccc1. The zero-order valence-corrected chi connectivity index (χ0v) is 17.3. The van der Waals surface area contributed by atoms with Crippen LogP contribution in [0.4, 0.5) is 4.79 Å². The molecule has 0 atom stereocenters. The van der Waals surface area contributed by atoms with Crippen LogP contribution in [0.2, 0.25) is 0 Å². The molecule has 0 heterocycles. The first-order valence-corrected chi connectivity index (χ1v) is 11.9.